The highest BCUT2D eigenvalue weighted by atomic mass is 19.1. The van der Waals surface area contributed by atoms with Gasteiger partial charge in [-0.2, -0.15) is 0 Å². The maximum absolute atomic E-state index is 14.1. The Morgan fingerprint density at radius 2 is 1.85 bits per heavy atom. The van der Waals surface area contributed by atoms with E-state index >= 15 is 0 Å². The van der Waals surface area contributed by atoms with Crippen LogP contribution in [0.5, 0.6) is 11.5 Å². The van der Waals surface area contributed by atoms with Crippen molar-refractivity contribution in [1.29, 1.82) is 0 Å². The van der Waals surface area contributed by atoms with Crippen molar-refractivity contribution in [3.63, 3.8) is 0 Å². The molecule has 2 heterocycles. The van der Waals surface area contributed by atoms with Crippen LogP contribution in [0.3, 0.4) is 0 Å². The molecule has 6 rings (SSSR count). The Labute approximate surface area is 312 Å². The van der Waals surface area contributed by atoms with Gasteiger partial charge in [-0.25, -0.2) is 19.0 Å². The first kappa shape index (κ1) is 37.8. The summed E-state index contributed by atoms with van der Waals surface area (Å²) in [7, 11) is 1.57. The van der Waals surface area contributed by atoms with Crippen molar-refractivity contribution in [3.05, 3.63) is 103 Å². The van der Waals surface area contributed by atoms with E-state index in [-0.39, 0.29) is 37.4 Å². The van der Waals surface area contributed by atoms with Crippen LogP contribution in [-0.2, 0) is 9.59 Å². The lowest BCUT2D eigenvalue weighted by Crippen LogP contribution is -2.56. The minimum Gasteiger partial charge on any atom is -0.497 e. The summed E-state index contributed by atoms with van der Waals surface area (Å²) in [5.74, 6) is -2.09. The highest BCUT2D eigenvalue weighted by Gasteiger charge is 2.61. The van der Waals surface area contributed by atoms with E-state index in [1.807, 2.05) is 56.3 Å². The zero-order valence-corrected chi connectivity index (χ0v) is 30.4. The number of ether oxygens (including phenoxy) is 2. The fraction of sp³-hybridized carbons (Fsp3) is 0.341. The number of urea groups is 1. The molecule has 4 amide bonds. The number of carboxylic acids is 1. The number of benzene rings is 3. The molecule has 1 aliphatic heterocycles. The number of hydrogen-bond acceptors (Lipinski definition) is 7. The number of nitrogens with one attached hydrogen (secondary N) is 3. The number of aromatic nitrogens is 1. The molecular weight excluding hydrogens is 693 g/mol. The number of fused-ring (bicyclic) bond motifs is 1. The molecule has 0 spiro atoms. The van der Waals surface area contributed by atoms with Crippen molar-refractivity contribution >= 4 is 34.7 Å². The van der Waals surface area contributed by atoms with Crippen LogP contribution in [-0.4, -0.2) is 82.7 Å². The number of halogens is 1. The molecule has 2 fully saturated rings. The van der Waals surface area contributed by atoms with E-state index in [4.69, 9.17) is 14.5 Å². The smallest absolute Gasteiger partial charge is 0.330 e. The van der Waals surface area contributed by atoms with Gasteiger partial charge < -0.3 is 35.4 Å². The van der Waals surface area contributed by atoms with Crippen LogP contribution >= 0.6 is 0 Å². The van der Waals surface area contributed by atoms with Crippen LogP contribution in [0.1, 0.15) is 43.5 Å². The zero-order chi connectivity index (χ0) is 38.6. The maximum Gasteiger partial charge on any atom is 0.330 e. The maximum atomic E-state index is 14.1. The van der Waals surface area contributed by atoms with Crippen LogP contribution < -0.4 is 25.4 Å². The number of aliphatic carboxylic acids is 1. The van der Waals surface area contributed by atoms with Gasteiger partial charge >= 0.3 is 12.0 Å². The Morgan fingerprint density at radius 1 is 1.07 bits per heavy atom. The molecular formula is C41H44FN5O7. The molecule has 5 atom stereocenters. The second-order valence-electron chi connectivity index (χ2n) is 14.2. The Morgan fingerprint density at radius 3 is 2.52 bits per heavy atom. The van der Waals surface area contributed by atoms with Crippen LogP contribution in [0.15, 0.2) is 91.5 Å². The van der Waals surface area contributed by atoms with Crippen molar-refractivity contribution in [3.8, 4) is 22.8 Å². The summed E-state index contributed by atoms with van der Waals surface area (Å²) >= 11 is 0. The van der Waals surface area contributed by atoms with Crippen molar-refractivity contribution < 1.29 is 38.1 Å². The fourth-order valence-corrected chi connectivity index (χ4v) is 6.98. The quantitative estimate of drug-likeness (QED) is 0.122. The number of methoxy groups -OCH3 is 1. The predicted molar refractivity (Wildman–Crippen MR) is 201 cm³/mol. The van der Waals surface area contributed by atoms with Gasteiger partial charge in [0.25, 0.3) is 5.91 Å². The van der Waals surface area contributed by atoms with Gasteiger partial charge in [0.1, 0.15) is 35.0 Å². The number of likely N-dealkylation sites (tertiary alicyclic amines) is 1. The number of rotatable bonds is 14. The summed E-state index contributed by atoms with van der Waals surface area (Å²) in [5, 5.41) is 19.2. The second-order valence-corrected chi connectivity index (χ2v) is 14.2. The SMILES string of the molecule is C=C[C@@H]1C[C@]1(NC(=O)[C@@H]1C[C@@H](Oc2cc(-c3ccccc3)nc3cc(OC)ccc23)CN1C(=O)NC(CNC(=O)c1cccc(F)c1)CC(C)C)C(=O)O. The topological polar surface area (TPSA) is 159 Å². The molecule has 4 aromatic rings. The molecule has 1 saturated heterocycles. The number of hydrogen-bond donors (Lipinski definition) is 4. The Kier molecular flexibility index (Phi) is 11.2. The zero-order valence-electron chi connectivity index (χ0n) is 30.4. The van der Waals surface area contributed by atoms with E-state index in [0.717, 1.165) is 11.6 Å². The predicted octanol–water partition coefficient (Wildman–Crippen LogP) is 5.57. The van der Waals surface area contributed by atoms with Crippen LogP contribution in [0.2, 0.25) is 0 Å². The van der Waals surface area contributed by atoms with Crippen molar-refractivity contribution in [2.75, 3.05) is 20.2 Å². The fourth-order valence-electron chi connectivity index (χ4n) is 6.98. The molecule has 1 saturated carbocycles. The Balaban J connectivity index is 1.27. The van der Waals surface area contributed by atoms with Gasteiger partial charge in [-0.05, 0) is 49.1 Å². The van der Waals surface area contributed by atoms with Gasteiger partial charge in [-0.1, -0.05) is 56.3 Å². The summed E-state index contributed by atoms with van der Waals surface area (Å²) in [4.78, 5) is 59.4. The normalized spacial score (nSPS) is 20.9. The third-order valence-corrected chi connectivity index (χ3v) is 9.87. The average Bonchev–Trinajstić information content (AvgIpc) is 3.72. The van der Waals surface area contributed by atoms with Crippen LogP contribution in [0.4, 0.5) is 9.18 Å². The third kappa shape index (κ3) is 8.30. The number of carboxylic acid groups (broad SMARTS) is 1. The molecule has 4 N–H and O–H groups in total. The van der Waals surface area contributed by atoms with Gasteiger partial charge in [0.05, 0.1) is 24.9 Å². The Hall–Kier alpha value is -5.98. The van der Waals surface area contributed by atoms with E-state index in [1.165, 1.54) is 29.2 Å². The summed E-state index contributed by atoms with van der Waals surface area (Å²) in [5.41, 5.74) is 0.766. The van der Waals surface area contributed by atoms with Crippen molar-refractivity contribution in [1.82, 2.24) is 25.8 Å². The van der Waals surface area contributed by atoms with Gasteiger partial charge in [0.15, 0.2) is 0 Å². The first-order valence-corrected chi connectivity index (χ1v) is 17.9. The largest absolute Gasteiger partial charge is 0.497 e. The molecule has 13 heteroatoms. The second kappa shape index (κ2) is 15.9. The van der Waals surface area contributed by atoms with Gasteiger partial charge in [0.2, 0.25) is 5.91 Å². The molecule has 1 aliphatic carbocycles. The molecule has 12 nitrogen and oxygen atoms in total. The summed E-state index contributed by atoms with van der Waals surface area (Å²) in [6.07, 6.45) is 1.57. The third-order valence-electron chi connectivity index (χ3n) is 9.87. The highest BCUT2D eigenvalue weighted by Crippen LogP contribution is 2.45. The highest BCUT2D eigenvalue weighted by molar-refractivity contribution is 5.95. The molecule has 1 unspecified atom stereocenters. The summed E-state index contributed by atoms with van der Waals surface area (Å²) in [6.45, 7) is 7.70. The Bertz CT molecular complexity index is 2060. The monoisotopic (exact) mass is 737 g/mol. The lowest BCUT2D eigenvalue weighted by atomic mass is 10.0. The van der Waals surface area contributed by atoms with Crippen molar-refractivity contribution in [2.24, 2.45) is 11.8 Å². The van der Waals surface area contributed by atoms with E-state index in [0.29, 0.717) is 34.5 Å². The summed E-state index contributed by atoms with van der Waals surface area (Å²) in [6, 6.07) is 19.9. The molecule has 282 valence electrons. The standard InChI is InChI=1S/C41H44FN5O7/c1-5-27-21-41(27,39(50)51)46-38(49)35-19-31(54-36-20-33(25-10-7-6-8-11-25)45-34-18-30(53-4)14-15-32(34)36)23-47(35)40(52)44-29(16-24(2)3)22-43-37(48)26-12-9-13-28(42)17-26/h5-15,17-18,20,24,27,29,31,35H,1,16,19,21-23H2,2-4H3,(H,43,48)(H,44,52)(H,46,49)(H,50,51)/t27-,29?,31-,35+,41-/m1/s1. The number of pyridine rings is 1. The molecule has 2 aliphatic rings. The van der Waals surface area contributed by atoms with E-state index in [1.54, 1.807) is 19.2 Å². The van der Waals surface area contributed by atoms with E-state index in [9.17, 15) is 28.7 Å². The van der Waals surface area contributed by atoms with Gasteiger partial charge in [-0.3, -0.25) is 9.59 Å². The van der Waals surface area contributed by atoms with Crippen LogP contribution in [0.25, 0.3) is 22.2 Å². The minimum atomic E-state index is -1.51. The molecule has 3 aromatic carbocycles. The minimum absolute atomic E-state index is 0.000427. The van der Waals surface area contributed by atoms with E-state index < -0.39 is 59.3 Å². The van der Waals surface area contributed by atoms with Gasteiger partial charge in [-0.15, -0.1) is 6.58 Å². The van der Waals surface area contributed by atoms with E-state index in [2.05, 4.69) is 22.5 Å². The first-order chi connectivity index (χ1) is 25.9. The number of nitrogens with zero attached hydrogens (tertiary/aromatic N) is 2. The molecule has 0 bridgehead atoms. The molecule has 1 aromatic heterocycles. The number of amides is 4. The number of carbonyl (C=O) groups excluding carboxylic acids is 3. The number of carbonyl (C=O) groups is 4. The van der Waals surface area contributed by atoms with Crippen LogP contribution in [0, 0.1) is 17.7 Å². The lowest BCUT2D eigenvalue weighted by molar-refractivity contribution is -0.144. The lowest BCUT2D eigenvalue weighted by Gasteiger charge is -2.29. The molecule has 54 heavy (non-hydrogen) atoms. The summed E-state index contributed by atoms with van der Waals surface area (Å²) < 4.78 is 25.9. The van der Waals surface area contributed by atoms with Gasteiger partial charge in [0, 0.05) is 53.6 Å². The van der Waals surface area contributed by atoms with Crippen molar-refractivity contribution in [2.45, 2.75) is 56.8 Å². The average molecular weight is 738 g/mol. The first-order valence-electron chi connectivity index (χ1n) is 17.9. The molecule has 0 radical (unpaired) electrons.